The number of carboxylic acids is 1. The molecule has 3 N–H and O–H groups in total. The maximum Gasteiger partial charge on any atom is 0.354 e. The van der Waals surface area contributed by atoms with E-state index in [0.717, 1.165) is 12.8 Å². The van der Waals surface area contributed by atoms with Gasteiger partial charge in [-0.2, -0.15) is 0 Å². The third-order valence-corrected chi connectivity index (χ3v) is 4.03. The number of aromatic nitrogens is 2. The minimum absolute atomic E-state index is 0.0407. The summed E-state index contributed by atoms with van der Waals surface area (Å²) in [4.78, 5) is 29.4. The van der Waals surface area contributed by atoms with Crippen LogP contribution in [0.3, 0.4) is 0 Å². The first kappa shape index (κ1) is 14.6. The van der Waals surface area contributed by atoms with Crippen molar-refractivity contribution >= 4 is 11.9 Å². The minimum atomic E-state index is -1.17. The number of hydrogen-bond donors (Lipinski definition) is 3. The van der Waals surface area contributed by atoms with Gasteiger partial charge in [0.25, 0.3) is 5.91 Å². The molecule has 1 aliphatic carbocycles. The number of carboxylic acid groups (broad SMARTS) is 1. The summed E-state index contributed by atoms with van der Waals surface area (Å²) in [6, 6.07) is 0.0407. The zero-order valence-corrected chi connectivity index (χ0v) is 11.7. The summed E-state index contributed by atoms with van der Waals surface area (Å²) in [6.45, 7) is 1.99. The molecule has 0 spiro atoms. The van der Waals surface area contributed by atoms with Crippen molar-refractivity contribution in [1.82, 2.24) is 15.3 Å². The van der Waals surface area contributed by atoms with E-state index in [1.165, 1.54) is 32.0 Å². The van der Waals surface area contributed by atoms with Crippen molar-refractivity contribution in [3.63, 3.8) is 0 Å². The van der Waals surface area contributed by atoms with Crippen LogP contribution >= 0.6 is 0 Å². The Morgan fingerprint density at radius 3 is 2.60 bits per heavy atom. The van der Waals surface area contributed by atoms with Crippen molar-refractivity contribution < 1.29 is 14.7 Å². The van der Waals surface area contributed by atoms with Gasteiger partial charge in [-0.05, 0) is 25.7 Å². The molecule has 1 aromatic heterocycles. The van der Waals surface area contributed by atoms with E-state index in [1.807, 2.05) is 6.92 Å². The number of nitrogens with zero attached hydrogens (tertiary/aromatic N) is 1. The van der Waals surface area contributed by atoms with Crippen molar-refractivity contribution in [2.45, 2.75) is 51.5 Å². The monoisotopic (exact) mass is 279 g/mol. The number of amides is 1. The molecule has 0 aliphatic heterocycles. The number of imidazole rings is 1. The number of rotatable bonds is 4. The highest BCUT2D eigenvalue weighted by molar-refractivity contribution is 6.02. The SMILES string of the molecule is C[C@H](NC(=O)c1nc[nH]c1C(=O)O)C1CCCCCC1. The quantitative estimate of drug-likeness (QED) is 0.736. The van der Waals surface area contributed by atoms with Gasteiger partial charge in [0.1, 0.15) is 0 Å². The van der Waals surface area contributed by atoms with E-state index in [9.17, 15) is 9.59 Å². The van der Waals surface area contributed by atoms with E-state index in [-0.39, 0.29) is 17.4 Å². The molecule has 1 heterocycles. The molecule has 6 heteroatoms. The Balaban J connectivity index is 1.99. The molecule has 1 atom stereocenters. The summed E-state index contributed by atoms with van der Waals surface area (Å²) in [5.74, 6) is -1.12. The third kappa shape index (κ3) is 3.37. The van der Waals surface area contributed by atoms with Crippen LogP contribution in [0.1, 0.15) is 66.4 Å². The van der Waals surface area contributed by atoms with E-state index in [2.05, 4.69) is 15.3 Å². The fourth-order valence-corrected chi connectivity index (χ4v) is 2.83. The first-order chi connectivity index (χ1) is 9.59. The Hall–Kier alpha value is -1.85. The van der Waals surface area contributed by atoms with E-state index in [4.69, 9.17) is 5.11 Å². The van der Waals surface area contributed by atoms with Crippen LogP contribution in [0.2, 0.25) is 0 Å². The number of carbonyl (C=O) groups excluding carboxylic acids is 1. The summed E-state index contributed by atoms with van der Waals surface area (Å²) in [6.07, 6.45) is 8.40. The predicted octanol–water partition coefficient (Wildman–Crippen LogP) is 2.20. The number of H-pyrrole nitrogens is 1. The van der Waals surface area contributed by atoms with Crippen LogP contribution in [0.4, 0.5) is 0 Å². The smallest absolute Gasteiger partial charge is 0.354 e. The lowest BCUT2D eigenvalue weighted by atomic mass is 9.93. The number of nitrogens with one attached hydrogen (secondary N) is 2. The van der Waals surface area contributed by atoms with E-state index >= 15 is 0 Å². The topological polar surface area (TPSA) is 95.1 Å². The Morgan fingerprint density at radius 1 is 1.35 bits per heavy atom. The summed E-state index contributed by atoms with van der Waals surface area (Å²) >= 11 is 0. The van der Waals surface area contributed by atoms with Crippen LogP contribution < -0.4 is 5.32 Å². The van der Waals surface area contributed by atoms with Gasteiger partial charge < -0.3 is 15.4 Å². The number of aromatic carboxylic acids is 1. The molecule has 1 aromatic rings. The van der Waals surface area contributed by atoms with Crippen molar-refractivity contribution in [1.29, 1.82) is 0 Å². The predicted molar refractivity (Wildman–Crippen MR) is 73.7 cm³/mol. The number of carbonyl (C=O) groups is 2. The zero-order chi connectivity index (χ0) is 14.5. The standard InChI is InChI=1S/C14H21N3O3/c1-9(10-6-4-2-3-5-7-10)17-13(18)11-12(14(19)20)16-8-15-11/h8-10H,2-7H2,1H3,(H,15,16)(H,17,18)(H,19,20)/t9-/m0/s1. The normalized spacial score (nSPS) is 18.2. The average Bonchev–Trinajstić information content (AvgIpc) is 2.74. The van der Waals surface area contributed by atoms with Gasteiger partial charge in [0.15, 0.2) is 11.4 Å². The maximum absolute atomic E-state index is 12.1. The molecule has 1 aliphatic rings. The van der Waals surface area contributed by atoms with Crippen LogP contribution in [-0.2, 0) is 0 Å². The zero-order valence-electron chi connectivity index (χ0n) is 11.7. The van der Waals surface area contributed by atoms with Crippen molar-refractivity contribution in [2.24, 2.45) is 5.92 Å². The van der Waals surface area contributed by atoms with Gasteiger partial charge in [0, 0.05) is 6.04 Å². The van der Waals surface area contributed by atoms with Crippen LogP contribution in [0.15, 0.2) is 6.33 Å². The maximum atomic E-state index is 12.1. The van der Waals surface area contributed by atoms with Crippen LogP contribution in [0.5, 0.6) is 0 Å². The third-order valence-electron chi connectivity index (χ3n) is 4.03. The summed E-state index contributed by atoms with van der Waals surface area (Å²) in [7, 11) is 0. The van der Waals surface area contributed by atoms with Crippen LogP contribution in [-0.4, -0.2) is 33.0 Å². The molecule has 0 radical (unpaired) electrons. The Kier molecular flexibility index (Phi) is 4.76. The molecule has 110 valence electrons. The van der Waals surface area contributed by atoms with Crippen molar-refractivity contribution in [3.8, 4) is 0 Å². The number of hydrogen-bond acceptors (Lipinski definition) is 3. The van der Waals surface area contributed by atoms with Gasteiger partial charge in [-0.15, -0.1) is 0 Å². The summed E-state index contributed by atoms with van der Waals surface area (Å²) in [5.41, 5.74) is -0.200. The highest BCUT2D eigenvalue weighted by Gasteiger charge is 2.24. The Labute approximate surface area is 118 Å². The van der Waals surface area contributed by atoms with Crippen molar-refractivity contribution in [2.75, 3.05) is 0 Å². The molecule has 0 saturated heterocycles. The first-order valence-corrected chi connectivity index (χ1v) is 7.17. The van der Waals surface area contributed by atoms with E-state index < -0.39 is 11.9 Å². The highest BCUT2D eigenvalue weighted by atomic mass is 16.4. The fraction of sp³-hybridized carbons (Fsp3) is 0.643. The molecule has 0 bridgehead atoms. The lowest BCUT2D eigenvalue weighted by molar-refractivity contribution is 0.0684. The molecule has 0 unspecified atom stereocenters. The van der Waals surface area contributed by atoms with E-state index in [1.54, 1.807) is 0 Å². The second-order valence-corrected chi connectivity index (χ2v) is 5.45. The molecule has 20 heavy (non-hydrogen) atoms. The highest BCUT2D eigenvalue weighted by Crippen LogP contribution is 2.25. The van der Waals surface area contributed by atoms with Crippen LogP contribution in [0, 0.1) is 5.92 Å². The molecule has 1 saturated carbocycles. The van der Waals surface area contributed by atoms with Gasteiger partial charge in [-0.1, -0.05) is 25.7 Å². The molecule has 6 nitrogen and oxygen atoms in total. The van der Waals surface area contributed by atoms with Gasteiger partial charge in [-0.3, -0.25) is 4.79 Å². The van der Waals surface area contributed by atoms with E-state index in [0.29, 0.717) is 5.92 Å². The Morgan fingerprint density at radius 2 is 2.00 bits per heavy atom. The van der Waals surface area contributed by atoms with Gasteiger partial charge in [0.2, 0.25) is 0 Å². The molecular weight excluding hydrogens is 258 g/mol. The van der Waals surface area contributed by atoms with Gasteiger partial charge in [0.05, 0.1) is 6.33 Å². The largest absolute Gasteiger partial charge is 0.477 e. The summed E-state index contributed by atoms with van der Waals surface area (Å²) < 4.78 is 0. The first-order valence-electron chi connectivity index (χ1n) is 7.17. The molecule has 1 fully saturated rings. The minimum Gasteiger partial charge on any atom is -0.477 e. The van der Waals surface area contributed by atoms with Gasteiger partial charge in [-0.25, -0.2) is 9.78 Å². The van der Waals surface area contributed by atoms with Gasteiger partial charge >= 0.3 is 5.97 Å². The number of aromatic amines is 1. The van der Waals surface area contributed by atoms with Crippen molar-refractivity contribution in [3.05, 3.63) is 17.7 Å². The summed E-state index contributed by atoms with van der Waals surface area (Å²) in [5, 5.41) is 11.9. The second-order valence-electron chi connectivity index (χ2n) is 5.45. The molecule has 2 rings (SSSR count). The van der Waals surface area contributed by atoms with Crippen LogP contribution in [0.25, 0.3) is 0 Å². The molecule has 0 aromatic carbocycles. The lowest BCUT2D eigenvalue weighted by Crippen LogP contribution is -2.38. The Bertz CT molecular complexity index is 476. The fourth-order valence-electron chi connectivity index (χ4n) is 2.83. The molecular formula is C14H21N3O3. The second kappa shape index (κ2) is 6.54. The lowest BCUT2D eigenvalue weighted by Gasteiger charge is -2.23. The average molecular weight is 279 g/mol. The molecule has 1 amide bonds.